The quantitative estimate of drug-likeness (QED) is 0.440. The summed E-state index contributed by atoms with van der Waals surface area (Å²) in [6.45, 7) is 7.02. The van der Waals surface area contributed by atoms with E-state index in [-0.39, 0.29) is 23.3 Å². The van der Waals surface area contributed by atoms with Crippen LogP contribution in [0, 0.1) is 5.92 Å². The highest BCUT2D eigenvalue weighted by Gasteiger charge is 2.42. The Morgan fingerprint density at radius 3 is 2.52 bits per heavy atom. The Labute approximate surface area is 198 Å². The van der Waals surface area contributed by atoms with Crippen LogP contribution in [0.4, 0.5) is 24.5 Å². The number of rotatable bonds is 8. The van der Waals surface area contributed by atoms with E-state index in [1.54, 1.807) is 0 Å². The first-order valence-electron chi connectivity index (χ1n) is 11.7. The summed E-state index contributed by atoms with van der Waals surface area (Å²) >= 11 is 1.07. The number of amidine groups is 1. The lowest BCUT2D eigenvalue weighted by Crippen LogP contribution is -2.39. The first-order chi connectivity index (χ1) is 15.5. The van der Waals surface area contributed by atoms with Crippen molar-refractivity contribution in [2.24, 2.45) is 10.9 Å². The van der Waals surface area contributed by atoms with Crippen LogP contribution in [0.5, 0.6) is 0 Å². The molecule has 0 saturated heterocycles. The predicted octanol–water partition coefficient (Wildman–Crippen LogP) is 6.51. The number of aliphatic carboxylic acids is 1. The van der Waals surface area contributed by atoms with E-state index in [0.717, 1.165) is 42.4 Å². The molecule has 3 rings (SSSR count). The van der Waals surface area contributed by atoms with Crippen LogP contribution < -0.4 is 10.2 Å². The van der Waals surface area contributed by atoms with Crippen molar-refractivity contribution >= 4 is 34.3 Å². The number of aliphatic imine (C=N–C) groups is 1. The monoisotopic (exact) mass is 485 g/mol. The zero-order valence-electron chi connectivity index (χ0n) is 19.5. The Hall–Kier alpha value is -1.90. The minimum Gasteiger partial charge on any atom is -0.481 e. The van der Waals surface area contributed by atoms with Gasteiger partial charge in [0.15, 0.2) is 11.2 Å². The van der Waals surface area contributed by atoms with E-state index in [1.807, 2.05) is 25.1 Å². The van der Waals surface area contributed by atoms with E-state index in [4.69, 9.17) is 0 Å². The van der Waals surface area contributed by atoms with Gasteiger partial charge < -0.3 is 15.3 Å². The zero-order chi connectivity index (χ0) is 24.2. The first kappa shape index (κ1) is 25.7. The van der Waals surface area contributed by atoms with Gasteiger partial charge in [0.05, 0.1) is 17.8 Å². The molecule has 2 N–H and O–H groups in total. The van der Waals surface area contributed by atoms with Crippen LogP contribution in [0.1, 0.15) is 70.8 Å². The number of alkyl halides is 3. The highest BCUT2D eigenvalue weighted by Crippen LogP contribution is 2.38. The summed E-state index contributed by atoms with van der Waals surface area (Å²) in [6, 6.07) is 4.52. The van der Waals surface area contributed by atoms with Crippen molar-refractivity contribution < 1.29 is 23.1 Å². The fourth-order valence-corrected chi connectivity index (χ4v) is 5.51. The molecule has 33 heavy (non-hydrogen) atoms. The van der Waals surface area contributed by atoms with Crippen molar-refractivity contribution in [1.82, 2.24) is 0 Å². The summed E-state index contributed by atoms with van der Waals surface area (Å²) in [5, 5.41) is 12.6. The van der Waals surface area contributed by atoms with Gasteiger partial charge in [-0.25, -0.2) is 4.99 Å². The molecule has 0 amide bonds. The largest absolute Gasteiger partial charge is 0.481 e. The molecule has 9 heteroatoms. The van der Waals surface area contributed by atoms with Gasteiger partial charge >= 0.3 is 12.1 Å². The highest BCUT2D eigenvalue weighted by atomic mass is 32.2. The van der Waals surface area contributed by atoms with Gasteiger partial charge in [-0.3, -0.25) is 4.79 Å². The molecule has 1 aliphatic heterocycles. The number of carboxylic acid groups (broad SMARTS) is 1. The molecule has 0 aromatic heterocycles. The number of nitrogens with one attached hydrogen (secondary N) is 1. The average molecular weight is 486 g/mol. The number of benzene rings is 1. The minimum absolute atomic E-state index is 0.0109. The van der Waals surface area contributed by atoms with Crippen molar-refractivity contribution in [3.05, 3.63) is 23.8 Å². The topological polar surface area (TPSA) is 64.9 Å². The Bertz CT molecular complexity index is 854. The van der Waals surface area contributed by atoms with Crippen LogP contribution in [0.25, 0.3) is 0 Å². The molecule has 1 aliphatic carbocycles. The molecule has 0 bridgehead atoms. The molecule has 1 aromatic carbocycles. The van der Waals surface area contributed by atoms with Gasteiger partial charge in [-0.15, -0.1) is 0 Å². The number of halogens is 3. The van der Waals surface area contributed by atoms with E-state index in [0.29, 0.717) is 17.6 Å². The third-order valence-corrected chi connectivity index (χ3v) is 7.19. The van der Waals surface area contributed by atoms with E-state index < -0.39 is 18.2 Å². The molecule has 0 radical (unpaired) electrons. The molecule has 1 fully saturated rings. The molecular formula is C24H34F3N3O2S. The number of thioether (sulfide) groups is 1. The van der Waals surface area contributed by atoms with Crippen molar-refractivity contribution in [1.29, 1.82) is 0 Å². The van der Waals surface area contributed by atoms with Crippen LogP contribution in [0.3, 0.4) is 0 Å². The zero-order valence-corrected chi connectivity index (χ0v) is 20.3. The van der Waals surface area contributed by atoms with E-state index in [1.165, 1.54) is 19.3 Å². The van der Waals surface area contributed by atoms with Crippen LogP contribution in [0.2, 0.25) is 0 Å². The van der Waals surface area contributed by atoms with Gasteiger partial charge in [0.25, 0.3) is 0 Å². The van der Waals surface area contributed by atoms with Crippen LogP contribution in [-0.4, -0.2) is 46.8 Å². The molecular weight excluding hydrogens is 451 g/mol. The average Bonchev–Trinajstić information content (AvgIpc) is 3.21. The third kappa shape index (κ3) is 7.04. The van der Waals surface area contributed by atoms with Crippen LogP contribution in [0.15, 0.2) is 23.2 Å². The predicted molar refractivity (Wildman–Crippen MR) is 130 cm³/mol. The molecule has 1 aromatic rings. The molecule has 5 nitrogen and oxygen atoms in total. The maximum atomic E-state index is 13.1. The second-order valence-corrected chi connectivity index (χ2v) is 10.5. The maximum absolute atomic E-state index is 13.1. The fourth-order valence-electron chi connectivity index (χ4n) is 4.55. The standard InChI is InChI=1S/C24H34F3N3O2S/c1-15(2)13-30(18-7-5-4-6-8-18)20-10-9-17(16(3)11-22(31)32)12-19(20)28-23-29-21(14-33-23)24(25,26)27/h9-10,12,15-16,18,21H,4-8,11,13-14H2,1-3H3,(H,28,29)(H,31,32)/t16?,21-/m1/s1. The fraction of sp³-hybridized carbons (Fsp3) is 0.667. The first-order valence-corrected chi connectivity index (χ1v) is 12.7. The molecule has 0 spiro atoms. The molecule has 2 atom stereocenters. The third-order valence-electron chi connectivity index (χ3n) is 6.23. The Morgan fingerprint density at radius 2 is 1.94 bits per heavy atom. The lowest BCUT2D eigenvalue weighted by molar-refractivity contribution is -0.141. The van der Waals surface area contributed by atoms with E-state index in [2.05, 4.69) is 29.1 Å². The molecule has 184 valence electrons. The summed E-state index contributed by atoms with van der Waals surface area (Å²) in [4.78, 5) is 17.5. The minimum atomic E-state index is -4.36. The second kappa shape index (κ2) is 11.0. The van der Waals surface area contributed by atoms with Crippen molar-refractivity contribution in [2.45, 2.75) is 83.5 Å². The Balaban J connectivity index is 1.97. The van der Waals surface area contributed by atoms with Crippen molar-refractivity contribution in [3.8, 4) is 0 Å². The van der Waals surface area contributed by atoms with E-state index in [9.17, 15) is 23.1 Å². The summed E-state index contributed by atoms with van der Waals surface area (Å²) in [5.41, 5.74) is 2.48. The summed E-state index contributed by atoms with van der Waals surface area (Å²) < 4.78 is 39.4. The number of carboxylic acids is 1. The van der Waals surface area contributed by atoms with Gasteiger partial charge in [0, 0.05) is 18.3 Å². The maximum Gasteiger partial charge on any atom is 0.411 e. The summed E-state index contributed by atoms with van der Waals surface area (Å²) in [6.07, 6.45) is 1.39. The molecule has 1 saturated carbocycles. The van der Waals surface area contributed by atoms with Gasteiger partial charge in [-0.2, -0.15) is 13.2 Å². The van der Waals surface area contributed by atoms with Crippen LogP contribution in [-0.2, 0) is 4.79 Å². The second-order valence-electron chi connectivity index (χ2n) is 9.54. The van der Waals surface area contributed by atoms with Gasteiger partial charge in [-0.1, -0.05) is 57.9 Å². The number of nitrogens with zero attached hydrogens (tertiary/aromatic N) is 2. The Morgan fingerprint density at radius 1 is 1.24 bits per heavy atom. The lowest BCUT2D eigenvalue weighted by Gasteiger charge is -2.38. The SMILES string of the molecule is CC(C)CN(c1ccc(C(C)CC(=O)O)cc1NC1=N[C@@H](C(F)(F)F)CS1)C1CCCCC1. The number of hydrogen-bond acceptors (Lipinski definition) is 5. The highest BCUT2D eigenvalue weighted by molar-refractivity contribution is 8.14. The van der Waals surface area contributed by atoms with E-state index >= 15 is 0 Å². The van der Waals surface area contributed by atoms with Gasteiger partial charge in [-0.05, 0) is 42.4 Å². The smallest absolute Gasteiger partial charge is 0.411 e. The van der Waals surface area contributed by atoms with Crippen LogP contribution >= 0.6 is 11.8 Å². The molecule has 2 aliphatic rings. The molecule has 1 unspecified atom stereocenters. The van der Waals surface area contributed by atoms with Crippen molar-refractivity contribution in [3.63, 3.8) is 0 Å². The number of carbonyl (C=O) groups is 1. The lowest BCUT2D eigenvalue weighted by atomic mass is 9.92. The normalized spacial score (nSPS) is 20.6. The Kier molecular flexibility index (Phi) is 8.59. The van der Waals surface area contributed by atoms with Gasteiger partial charge in [0.2, 0.25) is 0 Å². The number of hydrogen-bond donors (Lipinski definition) is 2. The summed E-state index contributed by atoms with van der Waals surface area (Å²) in [7, 11) is 0. The summed E-state index contributed by atoms with van der Waals surface area (Å²) in [5.74, 6) is -0.813. The number of anilines is 2. The van der Waals surface area contributed by atoms with Crippen molar-refractivity contribution in [2.75, 3.05) is 22.5 Å². The van der Waals surface area contributed by atoms with Gasteiger partial charge in [0.1, 0.15) is 0 Å². The molecule has 1 heterocycles.